The first-order valence-electron chi connectivity index (χ1n) is 4.06. The highest BCUT2D eigenvalue weighted by Gasteiger charge is 2.14. The van der Waals surface area contributed by atoms with Gasteiger partial charge in [-0.25, -0.2) is 0 Å². The molecule has 0 aliphatic carbocycles. The summed E-state index contributed by atoms with van der Waals surface area (Å²) in [5.41, 5.74) is -0.293. The molecule has 0 aliphatic rings. The summed E-state index contributed by atoms with van der Waals surface area (Å²) in [6, 6.07) is 5.12. The Morgan fingerprint density at radius 3 is 2.46 bits per heavy atom. The summed E-state index contributed by atoms with van der Waals surface area (Å²) < 4.78 is 6.43. The molecule has 0 spiro atoms. The lowest BCUT2D eigenvalue weighted by atomic mass is 10.2. The average Bonchev–Trinajstić information content (AvgIpc) is 1.94. The van der Waals surface area contributed by atoms with E-state index in [0.29, 0.717) is 5.75 Å². The summed E-state index contributed by atoms with van der Waals surface area (Å²) in [7, 11) is 0. The van der Waals surface area contributed by atoms with Gasteiger partial charge in [-0.15, -0.1) is 0 Å². The van der Waals surface area contributed by atoms with Crippen LogP contribution in [0.15, 0.2) is 22.7 Å². The molecule has 0 aliphatic heterocycles. The molecule has 0 bridgehead atoms. The first-order chi connectivity index (χ1) is 5.88. The number of rotatable bonds is 1. The average molecular weight is 245 g/mol. The second kappa shape index (κ2) is 3.58. The van der Waals surface area contributed by atoms with Crippen LogP contribution in [0.1, 0.15) is 20.8 Å². The lowest BCUT2D eigenvalue weighted by Gasteiger charge is -2.21. The molecule has 0 heterocycles. The lowest BCUT2D eigenvalue weighted by molar-refractivity contribution is 0.126. The first-order valence-corrected chi connectivity index (χ1v) is 4.85. The van der Waals surface area contributed by atoms with Gasteiger partial charge in [-0.3, -0.25) is 0 Å². The molecular formula is C10H13BrO2. The summed E-state index contributed by atoms with van der Waals surface area (Å²) >= 11 is 3.31. The number of ether oxygens (including phenoxy) is 1. The van der Waals surface area contributed by atoms with Crippen LogP contribution in [-0.4, -0.2) is 10.7 Å². The third-order valence-electron chi connectivity index (χ3n) is 1.34. The Morgan fingerprint density at radius 1 is 1.31 bits per heavy atom. The van der Waals surface area contributed by atoms with Crippen molar-refractivity contribution in [3.8, 4) is 11.5 Å². The fourth-order valence-electron chi connectivity index (χ4n) is 0.900. The molecule has 72 valence electrons. The topological polar surface area (TPSA) is 29.5 Å². The SMILES string of the molecule is CC(C)(C)Oc1cc(Br)ccc1O. The summed E-state index contributed by atoms with van der Waals surface area (Å²) in [4.78, 5) is 0. The maximum absolute atomic E-state index is 9.45. The third-order valence-corrected chi connectivity index (χ3v) is 1.83. The molecule has 13 heavy (non-hydrogen) atoms. The predicted octanol–water partition coefficient (Wildman–Crippen LogP) is 3.33. The molecule has 0 atom stereocenters. The second-order valence-electron chi connectivity index (χ2n) is 3.83. The van der Waals surface area contributed by atoms with Gasteiger partial charge >= 0.3 is 0 Å². The maximum atomic E-state index is 9.45. The summed E-state index contributed by atoms with van der Waals surface area (Å²) in [5.74, 6) is 0.667. The van der Waals surface area contributed by atoms with Crippen LogP contribution >= 0.6 is 15.9 Å². The number of phenolic OH excluding ortho intramolecular Hbond substituents is 1. The van der Waals surface area contributed by atoms with Gasteiger partial charge in [0.05, 0.1) is 0 Å². The van der Waals surface area contributed by atoms with E-state index >= 15 is 0 Å². The van der Waals surface area contributed by atoms with Crippen molar-refractivity contribution in [1.29, 1.82) is 0 Å². The maximum Gasteiger partial charge on any atom is 0.162 e. The number of phenols is 1. The summed E-state index contributed by atoms with van der Waals surface area (Å²) in [6.45, 7) is 5.81. The molecule has 0 fully saturated rings. The zero-order valence-corrected chi connectivity index (χ0v) is 9.55. The number of benzene rings is 1. The van der Waals surface area contributed by atoms with Crippen molar-refractivity contribution in [2.24, 2.45) is 0 Å². The Bertz CT molecular complexity index is 302. The molecule has 0 unspecified atom stereocenters. The van der Waals surface area contributed by atoms with Gasteiger partial charge in [0.25, 0.3) is 0 Å². The van der Waals surface area contributed by atoms with Crippen molar-refractivity contribution in [2.75, 3.05) is 0 Å². The molecule has 3 heteroatoms. The highest BCUT2D eigenvalue weighted by molar-refractivity contribution is 9.10. The van der Waals surface area contributed by atoms with E-state index in [1.54, 1.807) is 18.2 Å². The standard InChI is InChI=1S/C10H13BrO2/c1-10(2,3)13-9-6-7(11)4-5-8(9)12/h4-6,12H,1-3H3. The lowest BCUT2D eigenvalue weighted by Crippen LogP contribution is -2.22. The van der Waals surface area contributed by atoms with Crippen LogP contribution in [0, 0.1) is 0 Å². The molecule has 0 amide bonds. The number of halogens is 1. The molecule has 0 saturated carbocycles. The van der Waals surface area contributed by atoms with Crippen molar-refractivity contribution in [3.05, 3.63) is 22.7 Å². The summed E-state index contributed by atoms with van der Waals surface area (Å²) in [5, 5.41) is 9.45. The monoisotopic (exact) mass is 244 g/mol. The van der Waals surface area contributed by atoms with Gasteiger partial charge in [-0.2, -0.15) is 0 Å². The smallest absolute Gasteiger partial charge is 0.162 e. The van der Waals surface area contributed by atoms with Crippen molar-refractivity contribution in [2.45, 2.75) is 26.4 Å². The highest BCUT2D eigenvalue weighted by atomic mass is 79.9. The van der Waals surface area contributed by atoms with Crippen LogP contribution in [0.5, 0.6) is 11.5 Å². The Balaban J connectivity index is 2.94. The number of aromatic hydroxyl groups is 1. The van der Waals surface area contributed by atoms with Crippen LogP contribution in [0.25, 0.3) is 0 Å². The Morgan fingerprint density at radius 2 is 1.92 bits per heavy atom. The van der Waals surface area contributed by atoms with Crippen molar-refractivity contribution in [3.63, 3.8) is 0 Å². The molecule has 1 aromatic carbocycles. The number of hydrogen-bond donors (Lipinski definition) is 1. The van der Waals surface area contributed by atoms with E-state index in [0.717, 1.165) is 4.47 Å². The third kappa shape index (κ3) is 3.27. The van der Waals surface area contributed by atoms with Crippen molar-refractivity contribution >= 4 is 15.9 Å². The molecule has 0 saturated heterocycles. The van der Waals surface area contributed by atoms with E-state index in [9.17, 15) is 5.11 Å². The van der Waals surface area contributed by atoms with E-state index in [2.05, 4.69) is 15.9 Å². The van der Waals surface area contributed by atoms with Crippen LogP contribution in [0.2, 0.25) is 0 Å². The fourth-order valence-corrected chi connectivity index (χ4v) is 1.24. The molecular weight excluding hydrogens is 232 g/mol. The molecule has 2 nitrogen and oxygen atoms in total. The van der Waals surface area contributed by atoms with E-state index in [1.807, 2.05) is 20.8 Å². The minimum absolute atomic E-state index is 0.165. The summed E-state index contributed by atoms with van der Waals surface area (Å²) in [6.07, 6.45) is 0. The van der Waals surface area contributed by atoms with Crippen LogP contribution in [0.4, 0.5) is 0 Å². The largest absolute Gasteiger partial charge is 0.504 e. The van der Waals surface area contributed by atoms with Crippen molar-refractivity contribution in [1.82, 2.24) is 0 Å². The molecule has 1 N–H and O–H groups in total. The van der Waals surface area contributed by atoms with Gasteiger partial charge in [0, 0.05) is 4.47 Å². The van der Waals surface area contributed by atoms with E-state index in [1.165, 1.54) is 0 Å². The molecule has 1 aromatic rings. The minimum Gasteiger partial charge on any atom is -0.504 e. The van der Waals surface area contributed by atoms with E-state index < -0.39 is 0 Å². The predicted molar refractivity (Wildman–Crippen MR) is 56.2 cm³/mol. The normalized spacial score (nSPS) is 11.4. The second-order valence-corrected chi connectivity index (χ2v) is 4.74. The van der Waals surface area contributed by atoms with Gasteiger partial charge in [0.1, 0.15) is 5.60 Å². The Kier molecular flexibility index (Phi) is 2.86. The zero-order valence-electron chi connectivity index (χ0n) is 7.97. The van der Waals surface area contributed by atoms with Crippen LogP contribution in [0.3, 0.4) is 0 Å². The van der Waals surface area contributed by atoms with Gasteiger partial charge in [-0.05, 0) is 39.0 Å². The van der Waals surface area contributed by atoms with Gasteiger partial charge < -0.3 is 9.84 Å². The Labute approximate surface area is 86.7 Å². The Hall–Kier alpha value is -0.700. The fraction of sp³-hybridized carbons (Fsp3) is 0.400. The molecule has 1 rings (SSSR count). The van der Waals surface area contributed by atoms with E-state index in [-0.39, 0.29) is 11.4 Å². The van der Waals surface area contributed by atoms with E-state index in [4.69, 9.17) is 4.74 Å². The minimum atomic E-state index is -0.293. The first kappa shape index (κ1) is 10.4. The van der Waals surface area contributed by atoms with Crippen molar-refractivity contribution < 1.29 is 9.84 Å². The van der Waals surface area contributed by atoms with Crippen LogP contribution < -0.4 is 4.74 Å². The van der Waals surface area contributed by atoms with Crippen LogP contribution in [-0.2, 0) is 0 Å². The van der Waals surface area contributed by atoms with Gasteiger partial charge in [-0.1, -0.05) is 15.9 Å². The number of hydrogen-bond acceptors (Lipinski definition) is 2. The van der Waals surface area contributed by atoms with Gasteiger partial charge in [0.2, 0.25) is 0 Å². The quantitative estimate of drug-likeness (QED) is 0.822. The zero-order chi connectivity index (χ0) is 10.1. The molecule has 0 aromatic heterocycles. The van der Waals surface area contributed by atoms with Gasteiger partial charge in [0.15, 0.2) is 11.5 Å². The highest BCUT2D eigenvalue weighted by Crippen LogP contribution is 2.31. The molecule has 0 radical (unpaired) electrons.